The minimum atomic E-state index is -0.0836. The Morgan fingerprint density at radius 2 is 2.18 bits per heavy atom. The molecule has 2 aromatic heterocycles. The van der Waals surface area contributed by atoms with Gasteiger partial charge in [0.2, 0.25) is 5.91 Å². The number of likely N-dealkylation sites (tertiary alicyclic amines) is 1. The van der Waals surface area contributed by atoms with Crippen LogP contribution < -0.4 is 10.3 Å². The number of rotatable bonds is 4. The lowest BCUT2D eigenvalue weighted by atomic mass is 10.1. The summed E-state index contributed by atoms with van der Waals surface area (Å²) in [5.74, 6) is 0.703. The molecule has 116 valence electrons. The molecule has 0 aliphatic carbocycles. The summed E-state index contributed by atoms with van der Waals surface area (Å²) in [4.78, 5) is 25.6. The minimum absolute atomic E-state index is 0.0297. The normalized spacial score (nSPS) is 14.7. The Labute approximate surface area is 132 Å². The number of nitrogens with zero attached hydrogens (tertiary/aromatic N) is 2. The summed E-state index contributed by atoms with van der Waals surface area (Å²) in [6.07, 6.45) is 0.416. The van der Waals surface area contributed by atoms with Crippen LogP contribution in [0.15, 0.2) is 33.8 Å². The molecule has 0 bridgehead atoms. The number of amides is 1. The highest BCUT2D eigenvalue weighted by atomic mass is 32.1. The molecule has 0 saturated carbocycles. The number of hydrogen-bond acceptors (Lipinski definition) is 4. The monoisotopic (exact) mass is 318 g/mol. The summed E-state index contributed by atoms with van der Waals surface area (Å²) >= 11 is 1.60. The molecule has 1 amide bonds. The van der Waals surface area contributed by atoms with Gasteiger partial charge in [0.15, 0.2) is 0 Å². The number of aryl methyl sites for hydroxylation is 1. The van der Waals surface area contributed by atoms with E-state index in [1.165, 1.54) is 6.07 Å². The third kappa shape index (κ3) is 3.06. The fourth-order valence-electron chi connectivity index (χ4n) is 2.39. The predicted octanol–water partition coefficient (Wildman–Crippen LogP) is 1.59. The lowest BCUT2D eigenvalue weighted by molar-refractivity contribution is -0.139. The highest BCUT2D eigenvalue weighted by molar-refractivity contribution is 7.07. The zero-order valence-corrected chi connectivity index (χ0v) is 13.4. The molecule has 0 N–H and O–H groups in total. The van der Waals surface area contributed by atoms with E-state index in [0.717, 1.165) is 11.3 Å². The molecule has 0 unspecified atom stereocenters. The molecule has 3 rings (SSSR count). The van der Waals surface area contributed by atoms with Crippen LogP contribution in [0.1, 0.15) is 11.3 Å². The van der Waals surface area contributed by atoms with Gasteiger partial charge in [-0.15, -0.1) is 0 Å². The van der Waals surface area contributed by atoms with Gasteiger partial charge in [0.05, 0.1) is 19.5 Å². The van der Waals surface area contributed by atoms with E-state index in [0.29, 0.717) is 25.3 Å². The maximum absolute atomic E-state index is 12.1. The first-order chi connectivity index (χ1) is 10.5. The van der Waals surface area contributed by atoms with E-state index in [1.54, 1.807) is 27.9 Å². The average molecular weight is 318 g/mol. The highest BCUT2D eigenvalue weighted by Gasteiger charge is 2.32. The average Bonchev–Trinajstić information content (AvgIpc) is 2.92. The van der Waals surface area contributed by atoms with Crippen molar-refractivity contribution in [1.82, 2.24) is 9.47 Å². The van der Waals surface area contributed by atoms with Crippen molar-refractivity contribution < 1.29 is 9.53 Å². The van der Waals surface area contributed by atoms with Crippen molar-refractivity contribution in [3.63, 3.8) is 0 Å². The maximum atomic E-state index is 12.1. The Hall–Kier alpha value is -2.08. The number of pyridine rings is 1. The summed E-state index contributed by atoms with van der Waals surface area (Å²) in [5, 5.41) is 3.97. The van der Waals surface area contributed by atoms with Gasteiger partial charge in [-0.1, -0.05) is 0 Å². The second-order valence-electron chi connectivity index (χ2n) is 5.58. The van der Waals surface area contributed by atoms with Crippen LogP contribution in [0.4, 0.5) is 0 Å². The summed E-state index contributed by atoms with van der Waals surface area (Å²) < 4.78 is 7.35. The summed E-state index contributed by atoms with van der Waals surface area (Å²) in [6.45, 7) is 3.03. The zero-order chi connectivity index (χ0) is 15.7. The van der Waals surface area contributed by atoms with E-state index in [-0.39, 0.29) is 17.6 Å². The van der Waals surface area contributed by atoms with Gasteiger partial charge in [0.25, 0.3) is 5.56 Å². The largest absolute Gasteiger partial charge is 0.486 e. The van der Waals surface area contributed by atoms with Gasteiger partial charge < -0.3 is 14.2 Å². The van der Waals surface area contributed by atoms with Crippen molar-refractivity contribution in [2.75, 3.05) is 13.1 Å². The van der Waals surface area contributed by atoms with Crippen LogP contribution >= 0.6 is 11.3 Å². The summed E-state index contributed by atoms with van der Waals surface area (Å²) in [7, 11) is 1.73. The number of hydrogen-bond donors (Lipinski definition) is 0. The molecular weight excluding hydrogens is 300 g/mol. The molecule has 1 aliphatic rings. The number of thiophene rings is 1. The molecule has 1 saturated heterocycles. The first kappa shape index (κ1) is 14.8. The molecule has 1 fully saturated rings. The van der Waals surface area contributed by atoms with Crippen LogP contribution in [-0.2, 0) is 18.3 Å². The second-order valence-corrected chi connectivity index (χ2v) is 6.36. The van der Waals surface area contributed by atoms with E-state index in [2.05, 4.69) is 0 Å². The van der Waals surface area contributed by atoms with Gasteiger partial charge in [-0.3, -0.25) is 9.59 Å². The Morgan fingerprint density at radius 3 is 2.82 bits per heavy atom. The molecule has 2 aromatic rings. The van der Waals surface area contributed by atoms with E-state index >= 15 is 0 Å². The number of ether oxygens (including phenoxy) is 1. The highest BCUT2D eigenvalue weighted by Crippen LogP contribution is 2.19. The first-order valence-electron chi connectivity index (χ1n) is 7.16. The van der Waals surface area contributed by atoms with E-state index in [1.807, 2.05) is 29.8 Å². The predicted molar refractivity (Wildman–Crippen MR) is 85.4 cm³/mol. The molecule has 5 nitrogen and oxygen atoms in total. The molecular formula is C16H18N2O3S. The van der Waals surface area contributed by atoms with E-state index in [9.17, 15) is 9.59 Å². The fourth-order valence-corrected chi connectivity index (χ4v) is 3.06. The lowest BCUT2D eigenvalue weighted by Crippen LogP contribution is -2.56. The van der Waals surface area contributed by atoms with Crippen LogP contribution in [0.5, 0.6) is 5.75 Å². The number of carbonyl (C=O) groups excluding carboxylic acids is 1. The molecule has 3 heterocycles. The Kier molecular flexibility index (Phi) is 4.02. The van der Waals surface area contributed by atoms with Gasteiger partial charge in [0, 0.05) is 18.8 Å². The third-order valence-electron chi connectivity index (χ3n) is 3.92. The topological polar surface area (TPSA) is 51.5 Å². The van der Waals surface area contributed by atoms with Crippen molar-refractivity contribution in [2.24, 2.45) is 7.05 Å². The zero-order valence-electron chi connectivity index (χ0n) is 12.6. The van der Waals surface area contributed by atoms with Crippen LogP contribution in [0.2, 0.25) is 0 Å². The molecule has 0 spiro atoms. The smallest absolute Gasteiger partial charge is 0.254 e. The standard InChI is InChI=1S/C16H18N2O3S/c1-11-5-13(7-15(19)17(11)2)21-14-8-18(9-14)16(20)6-12-3-4-22-10-12/h3-5,7,10,14H,6,8-9H2,1-2H3. The lowest BCUT2D eigenvalue weighted by Gasteiger charge is -2.39. The summed E-state index contributed by atoms with van der Waals surface area (Å²) in [6, 6.07) is 5.30. The summed E-state index contributed by atoms with van der Waals surface area (Å²) in [5.41, 5.74) is 1.83. The van der Waals surface area contributed by atoms with Crippen molar-refractivity contribution in [3.05, 3.63) is 50.6 Å². The van der Waals surface area contributed by atoms with Crippen molar-refractivity contribution in [3.8, 4) is 5.75 Å². The van der Waals surface area contributed by atoms with Gasteiger partial charge in [-0.2, -0.15) is 11.3 Å². The third-order valence-corrected chi connectivity index (χ3v) is 4.65. The molecule has 1 aliphatic heterocycles. The number of carbonyl (C=O) groups is 1. The van der Waals surface area contributed by atoms with Crippen LogP contribution in [0, 0.1) is 6.92 Å². The van der Waals surface area contributed by atoms with Crippen LogP contribution in [0.3, 0.4) is 0 Å². The van der Waals surface area contributed by atoms with Crippen molar-refractivity contribution in [2.45, 2.75) is 19.4 Å². The Balaban J connectivity index is 1.53. The second kappa shape index (κ2) is 5.96. The first-order valence-corrected chi connectivity index (χ1v) is 8.10. The van der Waals surface area contributed by atoms with Crippen LogP contribution in [-0.4, -0.2) is 34.6 Å². The van der Waals surface area contributed by atoms with Gasteiger partial charge in [0.1, 0.15) is 11.9 Å². The van der Waals surface area contributed by atoms with Crippen LogP contribution in [0.25, 0.3) is 0 Å². The van der Waals surface area contributed by atoms with Gasteiger partial charge >= 0.3 is 0 Å². The number of aromatic nitrogens is 1. The van der Waals surface area contributed by atoms with Gasteiger partial charge in [-0.05, 0) is 35.4 Å². The van der Waals surface area contributed by atoms with E-state index in [4.69, 9.17) is 4.74 Å². The molecule has 0 atom stereocenters. The maximum Gasteiger partial charge on any atom is 0.254 e. The minimum Gasteiger partial charge on any atom is -0.486 e. The molecule has 22 heavy (non-hydrogen) atoms. The Morgan fingerprint density at radius 1 is 1.41 bits per heavy atom. The molecule has 0 radical (unpaired) electrons. The van der Waals surface area contributed by atoms with Crippen molar-refractivity contribution in [1.29, 1.82) is 0 Å². The Bertz CT molecular complexity index is 730. The molecule has 6 heteroatoms. The molecule has 0 aromatic carbocycles. The van der Waals surface area contributed by atoms with Gasteiger partial charge in [-0.25, -0.2) is 0 Å². The fraction of sp³-hybridized carbons (Fsp3) is 0.375. The quantitative estimate of drug-likeness (QED) is 0.860. The van der Waals surface area contributed by atoms with E-state index < -0.39 is 0 Å². The van der Waals surface area contributed by atoms with Crippen molar-refractivity contribution >= 4 is 17.2 Å². The SMILES string of the molecule is Cc1cc(OC2CN(C(=O)Cc3ccsc3)C2)cc(=O)n1C.